The van der Waals surface area contributed by atoms with Crippen molar-refractivity contribution in [3.05, 3.63) is 67.0 Å². The highest BCUT2D eigenvalue weighted by Gasteiger charge is 2.14. The number of aromatic nitrogens is 2. The van der Waals surface area contributed by atoms with Crippen LogP contribution in [0, 0.1) is 0 Å². The number of amides is 2. The zero-order chi connectivity index (χ0) is 16.9. The van der Waals surface area contributed by atoms with Crippen LogP contribution in [0.4, 0.5) is 22.0 Å². The first-order valence-corrected chi connectivity index (χ1v) is 7.13. The van der Waals surface area contributed by atoms with Gasteiger partial charge in [0.2, 0.25) is 5.88 Å². The molecule has 2 amide bonds. The fraction of sp³-hybridized carbons (Fsp3) is 0. The molecule has 24 heavy (non-hydrogen) atoms. The minimum Gasteiger partial charge on any atom is -0.439 e. The molecule has 7 heteroatoms. The van der Waals surface area contributed by atoms with Crippen molar-refractivity contribution < 1.29 is 9.53 Å². The van der Waals surface area contributed by atoms with Crippen LogP contribution in [0.5, 0.6) is 11.6 Å². The molecule has 120 valence electrons. The van der Waals surface area contributed by atoms with Gasteiger partial charge in [-0.05, 0) is 36.4 Å². The summed E-state index contributed by atoms with van der Waals surface area (Å²) in [5.41, 5.74) is 12.4. The second-order valence-corrected chi connectivity index (χ2v) is 4.89. The Morgan fingerprint density at radius 2 is 1.62 bits per heavy atom. The first-order valence-electron chi connectivity index (χ1n) is 7.13. The van der Waals surface area contributed by atoms with Gasteiger partial charge in [0.05, 0.1) is 11.4 Å². The molecule has 0 bridgehead atoms. The van der Waals surface area contributed by atoms with Crippen LogP contribution in [-0.2, 0) is 0 Å². The van der Waals surface area contributed by atoms with Gasteiger partial charge in [-0.2, -0.15) is 0 Å². The minimum atomic E-state index is -0.571. The maximum absolute atomic E-state index is 11.8. The van der Waals surface area contributed by atoms with Crippen molar-refractivity contribution >= 4 is 23.2 Å². The van der Waals surface area contributed by atoms with Gasteiger partial charge in [-0.3, -0.25) is 4.90 Å². The lowest BCUT2D eigenvalue weighted by atomic mass is 10.2. The fourth-order valence-corrected chi connectivity index (χ4v) is 2.17. The molecule has 0 saturated heterocycles. The average molecular weight is 321 g/mol. The van der Waals surface area contributed by atoms with Crippen molar-refractivity contribution in [2.75, 3.05) is 10.6 Å². The molecule has 0 aliphatic carbocycles. The summed E-state index contributed by atoms with van der Waals surface area (Å²) in [6.45, 7) is 0. The van der Waals surface area contributed by atoms with Crippen molar-refractivity contribution in [3.63, 3.8) is 0 Å². The third-order valence-corrected chi connectivity index (χ3v) is 3.22. The van der Waals surface area contributed by atoms with Crippen molar-refractivity contribution in [1.29, 1.82) is 0 Å². The van der Waals surface area contributed by atoms with Crippen LogP contribution in [0.15, 0.2) is 67.0 Å². The Labute approximate surface area is 138 Å². The lowest BCUT2D eigenvalue weighted by Crippen LogP contribution is -2.31. The Kier molecular flexibility index (Phi) is 4.24. The lowest BCUT2D eigenvalue weighted by Gasteiger charge is -2.20. The number of nitrogen functional groups attached to an aromatic ring is 1. The van der Waals surface area contributed by atoms with Gasteiger partial charge >= 0.3 is 6.03 Å². The number of ether oxygens (including phenoxy) is 1. The van der Waals surface area contributed by atoms with E-state index in [1.807, 2.05) is 18.2 Å². The molecule has 0 fully saturated rings. The van der Waals surface area contributed by atoms with Crippen LogP contribution in [0.25, 0.3) is 0 Å². The molecule has 0 radical (unpaired) electrons. The monoisotopic (exact) mass is 321 g/mol. The predicted molar refractivity (Wildman–Crippen MR) is 91.1 cm³/mol. The first-order chi connectivity index (χ1) is 11.6. The number of carbonyl (C=O) groups excluding carboxylic acids is 1. The number of urea groups is 1. The molecule has 1 heterocycles. The van der Waals surface area contributed by atoms with Gasteiger partial charge in [0.25, 0.3) is 0 Å². The average Bonchev–Trinajstić information content (AvgIpc) is 2.57. The van der Waals surface area contributed by atoms with E-state index in [1.165, 1.54) is 17.3 Å². The summed E-state index contributed by atoms with van der Waals surface area (Å²) >= 11 is 0. The molecule has 0 atom stereocenters. The number of hydrogen-bond donors (Lipinski definition) is 2. The minimum absolute atomic E-state index is 0.320. The molecule has 0 spiro atoms. The number of anilines is 3. The van der Waals surface area contributed by atoms with Crippen molar-refractivity contribution in [1.82, 2.24) is 9.97 Å². The molecule has 0 saturated carbocycles. The van der Waals surface area contributed by atoms with Crippen LogP contribution < -0.4 is 21.1 Å². The van der Waals surface area contributed by atoms with Crippen molar-refractivity contribution in [2.24, 2.45) is 5.73 Å². The third kappa shape index (κ3) is 3.41. The standard InChI is InChI=1S/C17H15N5O2/c18-15-10-16(21-11-20-15)24-14-8-6-13(7-9-14)22(17(19)23)12-4-2-1-3-5-12/h1-11H,(H2,19,23)(H2,18,20,21). The summed E-state index contributed by atoms with van der Waals surface area (Å²) in [5.74, 6) is 1.21. The highest BCUT2D eigenvalue weighted by molar-refractivity contribution is 5.98. The Morgan fingerprint density at radius 3 is 2.25 bits per heavy atom. The molecule has 3 aromatic rings. The number of nitrogens with two attached hydrogens (primary N) is 2. The van der Waals surface area contributed by atoms with Crippen LogP contribution >= 0.6 is 0 Å². The lowest BCUT2D eigenvalue weighted by molar-refractivity contribution is 0.256. The van der Waals surface area contributed by atoms with Gasteiger partial charge in [-0.15, -0.1) is 0 Å². The maximum atomic E-state index is 11.8. The quantitative estimate of drug-likeness (QED) is 0.768. The number of carbonyl (C=O) groups is 1. The smallest absolute Gasteiger partial charge is 0.323 e. The van der Waals surface area contributed by atoms with Crippen LogP contribution in [-0.4, -0.2) is 16.0 Å². The second kappa shape index (κ2) is 6.66. The van der Waals surface area contributed by atoms with Crippen LogP contribution in [0.1, 0.15) is 0 Å². The van der Waals surface area contributed by atoms with E-state index in [9.17, 15) is 4.79 Å². The molecule has 2 aromatic carbocycles. The topological polar surface area (TPSA) is 107 Å². The summed E-state index contributed by atoms with van der Waals surface area (Å²) in [4.78, 5) is 21.0. The van der Waals surface area contributed by atoms with Crippen molar-refractivity contribution in [2.45, 2.75) is 0 Å². The van der Waals surface area contributed by atoms with E-state index in [4.69, 9.17) is 16.2 Å². The fourth-order valence-electron chi connectivity index (χ4n) is 2.17. The molecule has 3 rings (SSSR count). The molecular weight excluding hydrogens is 306 g/mol. The third-order valence-electron chi connectivity index (χ3n) is 3.22. The van der Waals surface area contributed by atoms with Gasteiger partial charge in [-0.1, -0.05) is 18.2 Å². The Morgan fingerprint density at radius 1 is 0.958 bits per heavy atom. The SMILES string of the molecule is NC(=O)N(c1ccccc1)c1ccc(Oc2cc(N)ncn2)cc1. The van der Waals surface area contributed by atoms with Crippen molar-refractivity contribution in [3.8, 4) is 11.6 Å². The van der Waals surface area contributed by atoms with Gasteiger partial charge < -0.3 is 16.2 Å². The number of benzene rings is 2. The summed E-state index contributed by atoms with van der Waals surface area (Å²) in [7, 11) is 0. The highest BCUT2D eigenvalue weighted by Crippen LogP contribution is 2.28. The van der Waals surface area contributed by atoms with E-state index in [0.29, 0.717) is 28.8 Å². The number of primary amides is 1. The van der Waals surface area contributed by atoms with Crippen LogP contribution in [0.2, 0.25) is 0 Å². The van der Waals surface area contributed by atoms with E-state index in [-0.39, 0.29) is 0 Å². The van der Waals surface area contributed by atoms with Gasteiger partial charge in [-0.25, -0.2) is 14.8 Å². The second-order valence-electron chi connectivity index (χ2n) is 4.89. The van der Waals surface area contributed by atoms with E-state index >= 15 is 0 Å². The molecule has 1 aromatic heterocycles. The predicted octanol–water partition coefficient (Wildman–Crippen LogP) is 3.07. The zero-order valence-electron chi connectivity index (χ0n) is 12.7. The summed E-state index contributed by atoms with van der Waals surface area (Å²) < 4.78 is 5.59. The number of rotatable bonds is 4. The molecular formula is C17H15N5O2. The molecule has 0 aliphatic rings. The number of nitrogens with zero attached hydrogens (tertiary/aromatic N) is 3. The molecule has 0 unspecified atom stereocenters. The molecule has 0 aliphatic heterocycles. The maximum Gasteiger partial charge on any atom is 0.323 e. The zero-order valence-corrected chi connectivity index (χ0v) is 12.7. The summed E-state index contributed by atoms with van der Waals surface area (Å²) in [6.07, 6.45) is 1.32. The largest absolute Gasteiger partial charge is 0.439 e. The van der Waals surface area contributed by atoms with E-state index < -0.39 is 6.03 Å². The molecule has 4 N–H and O–H groups in total. The van der Waals surface area contributed by atoms with Crippen LogP contribution in [0.3, 0.4) is 0 Å². The number of hydrogen-bond acceptors (Lipinski definition) is 5. The van der Waals surface area contributed by atoms with E-state index in [2.05, 4.69) is 9.97 Å². The summed E-state index contributed by atoms with van der Waals surface area (Å²) in [5, 5.41) is 0. The normalized spacial score (nSPS) is 10.2. The van der Waals surface area contributed by atoms with E-state index in [1.54, 1.807) is 36.4 Å². The first kappa shape index (κ1) is 15.3. The van der Waals surface area contributed by atoms with E-state index in [0.717, 1.165) is 0 Å². The van der Waals surface area contributed by atoms with Gasteiger partial charge in [0.15, 0.2) is 0 Å². The Bertz CT molecular complexity index is 837. The van der Waals surface area contributed by atoms with Gasteiger partial charge in [0.1, 0.15) is 17.9 Å². The summed E-state index contributed by atoms with van der Waals surface area (Å²) in [6, 6.07) is 17.0. The van der Waals surface area contributed by atoms with Gasteiger partial charge in [0, 0.05) is 6.07 Å². The highest BCUT2D eigenvalue weighted by atomic mass is 16.5. The molecule has 7 nitrogen and oxygen atoms in total. The number of para-hydroxylation sites is 1. The Balaban J connectivity index is 1.84. The Hall–Kier alpha value is -3.61.